The third kappa shape index (κ3) is 5.38. The molecule has 176 valence electrons. The lowest BCUT2D eigenvalue weighted by atomic mass is 9.94. The Morgan fingerprint density at radius 1 is 1.28 bits per heavy atom. The number of nitrogens with zero attached hydrogens (tertiary/aromatic N) is 2. The molecule has 3 amide bonds. The molecule has 2 aliphatic heterocycles. The van der Waals surface area contributed by atoms with E-state index >= 15 is 0 Å². The van der Waals surface area contributed by atoms with Gasteiger partial charge in [0.05, 0.1) is 30.7 Å². The number of aliphatic hydroxyl groups excluding tert-OH is 1. The predicted octanol–water partition coefficient (Wildman–Crippen LogP) is 2.92. The molecule has 0 spiro atoms. The lowest BCUT2D eigenvalue weighted by molar-refractivity contribution is -0.138. The van der Waals surface area contributed by atoms with Crippen molar-refractivity contribution in [2.45, 2.75) is 70.5 Å². The number of alkyl halides is 1. The van der Waals surface area contributed by atoms with Gasteiger partial charge in [-0.2, -0.15) is 0 Å². The SMILES string of the molecule is CC(C(=O)N1C(=O)OC[C@H]1Cc1ccccc1)[C@@H](O)C1CC(F)CN1C(=O)OC(C)(C)C. The van der Waals surface area contributed by atoms with Crippen molar-refractivity contribution in [1.82, 2.24) is 9.80 Å². The summed E-state index contributed by atoms with van der Waals surface area (Å²) >= 11 is 0. The summed E-state index contributed by atoms with van der Waals surface area (Å²) in [5.74, 6) is -1.67. The highest BCUT2D eigenvalue weighted by Gasteiger charge is 2.47. The van der Waals surface area contributed by atoms with Crippen LogP contribution < -0.4 is 0 Å². The molecular weight excluding hydrogens is 419 g/mol. The Kier molecular flexibility index (Phi) is 7.07. The minimum Gasteiger partial charge on any atom is -0.447 e. The summed E-state index contributed by atoms with van der Waals surface area (Å²) in [6.07, 6.45) is -3.93. The number of benzene rings is 1. The molecule has 32 heavy (non-hydrogen) atoms. The maximum atomic E-state index is 14.2. The first-order valence-corrected chi connectivity index (χ1v) is 10.8. The van der Waals surface area contributed by atoms with Gasteiger partial charge in [-0.1, -0.05) is 37.3 Å². The van der Waals surface area contributed by atoms with Crippen molar-refractivity contribution in [3.05, 3.63) is 35.9 Å². The van der Waals surface area contributed by atoms with Crippen molar-refractivity contribution < 1.29 is 33.4 Å². The molecule has 2 saturated heterocycles. The molecule has 8 nitrogen and oxygen atoms in total. The van der Waals surface area contributed by atoms with Crippen LogP contribution in [-0.4, -0.2) is 76.1 Å². The molecule has 2 aliphatic rings. The first kappa shape index (κ1) is 24.0. The standard InChI is InChI=1S/C23H31FN2O6/c1-14(19(27)18-11-16(24)12-25(18)21(29)32-23(2,3)4)20(28)26-17(13-31-22(26)30)10-15-8-6-5-7-9-15/h5-9,14,16-19,27H,10-13H2,1-4H3/t14?,16?,17-,18?,19-/m1/s1. The van der Waals surface area contributed by atoms with Gasteiger partial charge in [0.25, 0.3) is 0 Å². The van der Waals surface area contributed by atoms with Crippen LogP contribution in [0.4, 0.5) is 14.0 Å². The van der Waals surface area contributed by atoms with Crippen molar-refractivity contribution in [3.8, 4) is 0 Å². The van der Waals surface area contributed by atoms with E-state index < -0.39 is 54.0 Å². The summed E-state index contributed by atoms with van der Waals surface area (Å²) in [5, 5.41) is 10.9. The van der Waals surface area contributed by atoms with E-state index in [1.807, 2.05) is 30.3 Å². The number of cyclic esters (lactones) is 1. The largest absolute Gasteiger partial charge is 0.447 e. The number of hydrogen-bond donors (Lipinski definition) is 1. The number of amides is 3. The van der Waals surface area contributed by atoms with Crippen LogP contribution in [0.25, 0.3) is 0 Å². The second kappa shape index (κ2) is 9.44. The zero-order chi connectivity index (χ0) is 23.6. The van der Waals surface area contributed by atoms with E-state index in [1.165, 1.54) is 6.92 Å². The molecule has 1 N–H and O–H groups in total. The van der Waals surface area contributed by atoms with Gasteiger partial charge in [0.15, 0.2) is 0 Å². The highest BCUT2D eigenvalue weighted by molar-refractivity contribution is 5.95. The number of rotatable bonds is 5. The number of halogens is 1. The Morgan fingerprint density at radius 3 is 2.56 bits per heavy atom. The van der Waals surface area contributed by atoms with Gasteiger partial charge < -0.3 is 14.6 Å². The number of ether oxygens (including phenoxy) is 2. The molecular formula is C23H31FN2O6. The fourth-order valence-electron chi connectivity index (χ4n) is 4.13. The second-order valence-corrected chi connectivity index (χ2v) is 9.44. The van der Waals surface area contributed by atoms with Crippen molar-refractivity contribution in [3.63, 3.8) is 0 Å². The number of imide groups is 1. The Labute approximate surface area is 187 Å². The normalized spacial score (nSPS) is 25.4. The quantitative estimate of drug-likeness (QED) is 0.741. The van der Waals surface area contributed by atoms with Crippen LogP contribution in [-0.2, 0) is 20.7 Å². The van der Waals surface area contributed by atoms with Gasteiger partial charge in [-0.15, -0.1) is 0 Å². The maximum Gasteiger partial charge on any atom is 0.416 e. The first-order valence-electron chi connectivity index (χ1n) is 10.8. The number of carbonyl (C=O) groups excluding carboxylic acids is 3. The molecule has 0 saturated carbocycles. The van der Waals surface area contributed by atoms with Gasteiger partial charge in [0.1, 0.15) is 18.4 Å². The number of aliphatic hydroxyl groups is 1. The lowest BCUT2D eigenvalue weighted by Crippen LogP contribution is -2.52. The Morgan fingerprint density at radius 2 is 1.94 bits per heavy atom. The van der Waals surface area contributed by atoms with E-state index in [0.717, 1.165) is 15.4 Å². The number of hydrogen-bond acceptors (Lipinski definition) is 6. The molecule has 9 heteroatoms. The van der Waals surface area contributed by atoms with Crippen LogP contribution in [0.5, 0.6) is 0 Å². The summed E-state index contributed by atoms with van der Waals surface area (Å²) in [6.45, 7) is 6.38. The van der Waals surface area contributed by atoms with Gasteiger partial charge in [0, 0.05) is 6.42 Å². The van der Waals surface area contributed by atoms with Crippen molar-refractivity contribution in [2.75, 3.05) is 13.2 Å². The fraction of sp³-hybridized carbons (Fsp3) is 0.609. The summed E-state index contributed by atoms with van der Waals surface area (Å²) in [4.78, 5) is 40.2. The number of likely N-dealkylation sites (tertiary alicyclic amines) is 1. The monoisotopic (exact) mass is 450 g/mol. The maximum absolute atomic E-state index is 14.2. The van der Waals surface area contributed by atoms with Gasteiger partial charge in [-0.3, -0.25) is 9.69 Å². The molecule has 0 aromatic heterocycles. The number of carbonyl (C=O) groups is 3. The van der Waals surface area contributed by atoms with Crippen LogP contribution in [0, 0.1) is 5.92 Å². The molecule has 3 unspecified atom stereocenters. The van der Waals surface area contributed by atoms with Crippen molar-refractivity contribution in [1.29, 1.82) is 0 Å². The fourth-order valence-corrected chi connectivity index (χ4v) is 4.13. The van der Waals surface area contributed by atoms with Crippen LogP contribution in [0.2, 0.25) is 0 Å². The molecule has 0 aliphatic carbocycles. The molecule has 3 rings (SSSR count). The molecule has 1 aromatic carbocycles. The highest BCUT2D eigenvalue weighted by Crippen LogP contribution is 2.30. The Balaban J connectivity index is 1.73. The molecule has 0 bridgehead atoms. The first-order chi connectivity index (χ1) is 15.0. The predicted molar refractivity (Wildman–Crippen MR) is 114 cm³/mol. The summed E-state index contributed by atoms with van der Waals surface area (Å²) in [6, 6.07) is 7.94. The average Bonchev–Trinajstić information content (AvgIpc) is 3.28. The zero-order valence-electron chi connectivity index (χ0n) is 18.9. The lowest BCUT2D eigenvalue weighted by Gasteiger charge is -2.33. The molecule has 0 radical (unpaired) electrons. The van der Waals surface area contributed by atoms with Crippen molar-refractivity contribution in [2.24, 2.45) is 5.92 Å². The van der Waals surface area contributed by atoms with E-state index in [4.69, 9.17) is 9.47 Å². The Bertz CT molecular complexity index is 843. The van der Waals surface area contributed by atoms with E-state index in [1.54, 1.807) is 20.8 Å². The molecule has 2 fully saturated rings. The van der Waals surface area contributed by atoms with Crippen LogP contribution in [0.3, 0.4) is 0 Å². The zero-order valence-corrected chi connectivity index (χ0v) is 18.9. The van der Waals surface area contributed by atoms with Crippen molar-refractivity contribution >= 4 is 18.1 Å². The van der Waals surface area contributed by atoms with E-state index in [9.17, 15) is 23.9 Å². The summed E-state index contributed by atoms with van der Waals surface area (Å²) < 4.78 is 24.6. The topological polar surface area (TPSA) is 96.4 Å². The summed E-state index contributed by atoms with van der Waals surface area (Å²) in [7, 11) is 0. The van der Waals surface area contributed by atoms with E-state index in [2.05, 4.69) is 0 Å². The van der Waals surface area contributed by atoms with Gasteiger partial charge in [-0.05, 0) is 32.8 Å². The smallest absolute Gasteiger partial charge is 0.416 e. The average molecular weight is 451 g/mol. The van der Waals surface area contributed by atoms with Gasteiger partial charge in [0.2, 0.25) is 5.91 Å². The third-order valence-electron chi connectivity index (χ3n) is 5.73. The highest BCUT2D eigenvalue weighted by atomic mass is 19.1. The van der Waals surface area contributed by atoms with Crippen LogP contribution in [0.15, 0.2) is 30.3 Å². The minimum atomic E-state index is -1.37. The summed E-state index contributed by atoms with van der Waals surface area (Å²) in [5.41, 5.74) is 0.154. The minimum absolute atomic E-state index is 0.0578. The second-order valence-electron chi connectivity index (χ2n) is 9.44. The van der Waals surface area contributed by atoms with E-state index in [0.29, 0.717) is 6.42 Å². The Hall–Kier alpha value is -2.68. The van der Waals surface area contributed by atoms with Gasteiger partial charge in [-0.25, -0.2) is 18.9 Å². The molecule has 1 aromatic rings. The van der Waals surface area contributed by atoms with E-state index in [-0.39, 0.29) is 19.6 Å². The van der Waals surface area contributed by atoms with Crippen LogP contribution >= 0.6 is 0 Å². The van der Waals surface area contributed by atoms with Crippen LogP contribution in [0.1, 0.15) is 39.7 Å². The molecule has 5 atom stereocenters. The molecule has 2 heterocycles. The third-order valence-corrected chi connectivity index (χ3v) is 5.73. The van der Waals surface area contributed by atoms with Gasteiger partial charge >= 0.3 is 12.2 Å².